The van der Waals surface area contributed by atoms with Crippen molar-refractivity contribution in [3.05, 3.63) is 92.4 Å². The van der Waals surface area contributed by atoms with Gasteiger partial charge in [-0.2, -0.15) is 0 Å². The molecule has 1 heterocycles. The van der Waals surface area contributed by atoms with Crippen molar-refractivity contribution in [2.75, 3.05) is 19.8 Å². The molecule has 37 heavy (non-hydrogen) atoms. The number of benzene rings is 3. The van der Waals surface area contributed by atoms with E-state index in [9.17, 15) is 9.59 Å². The van der Waals surface area contributed by atoms with Gasteiger partial charge in [-0.1, -0.05) is 48.5 Å². The van der Waals surface area contributed by atoms with Gasteiger partial charge in [0.2, 0.25) is 0 Å². The Morgan fingerprint density at radius 3 is 2.46 bits per heavy atom. The average Bonchev–Trinajstić information content (AvgIpc) is 3.17. The minimum Gasteiger partial charge on any atom is -0.490 e. The number of carbonyl (C=O) groups excluding carboxylic acids is 1. The van der Waals surface area contributed by atoms with Crippen molar-refractivity contribution in [3.63, 3.8) is 0 Å². The van der Waals surface area contributed by atoms with Crippen LogP contribution in [0.1, 0.15) is 18.1 Å². The summed E-state index contributed by atoms with van der Waals surface area (Å²) in [5.41, 5.74) is 2.66. The normalized spacial score (nSPS) is 15.4. The fourth-order valence-electron chi connectivity index (χ4n) is 3.65. The summed E-state index contributed by atoms with van der Waals surface area (Å²) in [6.07, 6.45) is 2.51. The zero-order valence-corrected chi connectivity index (χ0v) is 23.1. The van der Waals surface area contributed by atoms with Gasteiger partial charge in [-0.15, -0.1) is 0 Å². The maximum Gasteiger partial charge on any atom is 0.341 e. The molecule has 0 atom stereocenters. The minimum absolute atomic E-state index is 0.116. The van der Waals surface area contributed by atoms with Crippen LogP contribution in [-0.2, 0) is 16.0 Å². The number of thioether (sulfide) groups is 1. The van der Waals surface area contributed by atoms with Crippen LogP contribution in [0.25, 0.3) is 6.08 Å². The zero-order valence-electron chi connectivity index (χ0n) is 20.1. The van der Waals surface area contributed by atoms with Crippen LogP contribution >= 0.6 is 34.4 Å². The van der Waals surface area contributed by atoms with E-state index < -0.39 is 12.6 Å². The van der Waals surface area contributed by atoms with Crippen LogP contribution in [0.15, 0.2) is 82.7 Å². The van der Waals surface area contributed by atoms with E-state index in [0.717, 1.165) is 16.8 Å². The van der Waals surface area contributed by atoms with Crippen LogP contribution in [-0.4, -0.2) is 46.8 Å². The molecule has 0 unspecified atom stereocenters. The summed E-state index contributed by atoms with van der Waals surface area (Å²) in [7, 11) is 0. The van der Waals surface area contributed by atoms with Crippen LogP contribution in [0, 0.1) is 3.57 Å². The Labute approximate surface area is 233 Å². The summed E-state index contributed by atoms with van der Waals surface area (Å²) >= 11 is 3.41. The number of amides is 1. The second-order valence-electron chi connectivity index (χ2n) is 7.98. The molecular formula is C28H25IN2O5S. The van der Waals surface area contributed by atoms with Gasteiger partial charge in [-0.25, -0.2) is 9.79 Å². The fourth-order valence-corrected chi connectivity index (χ4v) is 5.45. The smallest absolute Gasteiger partial charge is 0.341 e. The highest BCUT2D eigenvalue weighted by Gasteiger charge is 2.33. The van der Waals surface area contributed by atoms with Crippen molar-refractivity contribution in [3.8, 4) is 11.5 Å². The Balaban J connectivity index is 1.65. The lowest BCUT2D eigenvalue weighted by Gasteiger charge is -2.15. The Morgan fingerprint density at radius 1 is 1.08 bits per heavy atom. The topological polar surface area (TPSA) is 88.4 Å². The lowest BCUT2D eigenvalue weighted by atomic mass is 10.1. The van der Waals surface area contributed by atoms with Crippen LogP contribution in [0.2, 0.25) is 0 Å². The highest BCUT2D eigenvalue weighted by Crippen LogP contribution is 2.38. The van der Waals surface area contributed by atoms with Gasteiger partial charge in [0.25, 0.3) is 5.91 Å². The van der Waals surface area contributed by atoms with Gasteiger partial charge in [0.15, 0.2) is 23.3 Å². The average molecular weight is 628 g/mol. The van der Waals surface area contributed by atoms with Gasteiger partial charge >= 0.3 is 5.97 Å². The summed E-state index contributed by atoms with van der Waals surface area (Å²) in [5, 5.41) is 9.62. The predicted octanol–water partition coefficient (Wildman–Crippen LogP) is 6.00. The number of carboxylic acids is 1. The molecule has 1 amide bonds. The zero-order chi connectivity index (χ0) is 26.2. The largest absolute Gasteiger partial charge is 0.490 e. The second-order valence-corrected chi connectivity index (χ2v) is 10.1. The Morgan fingerprint density at radius 2 is 1.78 bits per heavy atom. The van der Waals surface area contributed by atoms with Gasteiger partial charge < -0.3 is 14.6 Å². The number of hydrogen-bond acceptors (Lipinski definition) is 6. The molecule has 3 aromatic carbocycles. The number of aliphatic imine (C=N–C) groups is 1. The number of hydrogen-bond donors (Lipinski definition) is 1. The Kier molecular flexibility index (Phi) is 9.24. The van der Waals surface area contributed by atoms with Crippen LogP contribution in [0.5, 0.6) is 11.5 Å². The fraction of sp³-hybridized carbons (Fsp3) is 0.179. The molecule has 7 nitrogen and oxygen atoms in total. The summed E-state index contributed by atoms with van der Waals surface area (Å²) in [4.78, 5) is 31.5. The molecule has 0 saturated carbocycles. The molecule has 1 aliphatic heterocycles. The van der Waals surface area contributed by atoms with Gasteiger partial charge in [0.1, 0.15) is 0 Å². The second kappa shape index (κ2) is 12.8. The van der Waals surface area contributed by atoms with E-state index in [4.69, 9.17) is 19.6 Å². The molecule has 0 aromatic heterocycles. The van der Waals surface area contributed by atoms with Crippen LogP contribution < -0.4 is 9.47 Å². The first-order valence-corrected chi connectivity index (χ1v) is 13.5. The molecule has 1 N–H and O–H groups in total. The van der Waals surface area contributed by atoms with Crippen molar-refractivity contribution in [1.82, 2.24) is 4.90 Å². The molecule has 1 saturated heterocycles. The molecule has 1 fully saturated rings. The number of carboxylic acid groups (broad SMARTS) is 1. The molecule has 0 aliphatic carbocycles. The molecule has 4 rings (SSSR count). The Bertz CT molecular complexity index is 1330. The van der Waals surface area contributed by atoms with Gasteiger partial charge in [-0.05, 0) is 89.2 Å². The third-order valence-corrected chi connectivity index (χ3v) is 7.11. The first-order valence-electron chi connectivity index (χ1n) is 11.6. The molecular weight excluding hydrogens is 603 g/mol. The highest BCUT2D eigenvalue weighted by molar-refractivity contribution is 14.1. The molecule has 9 heteroatoms. The predicted molar refractivity (Wildman–Crippen MR) is 154 cm³/mol. The van der Waals surface area contributed by atoms with E-state index in [0.29, 0.717) is 44.7 Å². The number of para-hydroxylation sites is 1. The summed E-state index contributed by atoms with van der Waals surface area (Å²) < 4.78 is 11.8. The van der Waals surface area contributed by atoms with Crippen molar-refractivity contribution in [1.29, 1.82) is 0 Å². The number of ether oxygens (including phenoxy) is 2. The minimum atomic E-state index is -1.07. The van der Waals surface area contributed by atoms with Crippen molar-refractivity contribution in [2.45, 2.75) is 13.3 Å². The maximum absolute atomic E-state index is 13.5. The molecule has 0 radical (unpaired) electrons. The van der Waals surface area contributed by atoms with Crippen molar-refractivity contribution >= 4 is 63.2 Å². The highest BCUT2D eigenvalue weighted by atomic mass is 127. The third-order valence-electron chi connectivity index (χ3n) is 5.31. The molecule has 190 valence electrons. The Hall–Kier alpha value is -3.31. The lowest BCUT2D eigenvalue weighted by Crippen LogP contribution is -2.31. The van der Waals surface area contributed by atoms with E-state index in [1.54, 1.807) is 11.0 Å². The summed E-state index contributed by atoms with van der Waals surface area (Å²) in [6, 6.07) is 23.2. The van der Waals surface area contributed by atoms with E-state index in [2.05, 4.69) is 22.6 Å². The van der Waals surface area contributed by atoms with Gasteiger partial charge in [0, 0.05) is 6.54 Å². The number of halogens is 1. The number of aliphatic carboxylic acids is 1. The van der Waals surface area contributed by atoms with Crippen LogP contribution in [0.4, 0.5) is 5.69 Å². The van der Waals surface area contributed by atoms with E-state index in [1.165, 1.54) is 11.8 Å². The SMILES string of the molecule is CCOc1cc(/C=C2/SC(=Nc3ccccc3)N(CCc3ccccc3)C2=O)cc(I)c1OCC(=O)O. The third kappa shape index (κ3) is 7.14. The maximum atomic E-state index is 13.5. The number of amidine groups is 1. The lowest BCUT2D eigenvalue weighted by molar-refractivity contribution is -0.139. The number of nitrogens with zero attached hydrogens (tertiary/aromatic N) is 2. The van der Waals surface area contributed by atoms with E-state index in [1.807, 2.05) is 79.7 Å². The number of rotatable bonds is 10. The molecule has 0 spiro atoms. The van der Waals surface area contributed by atoms with Crippen LogP contribution in [0.3, 0.4) is 0 Å². The van der Waals surface area contributed by atoms with Crippen molar-refractivity contribution < 1.29 is 24.2 Å². The van der Waals surface area contributed by atoms with Gasteiger partial charge in [-0.3, -0.25) is 9.69 Å². The van der Waals surface area contributed by atoms with Crippen molar-refractivity contribution in [2.24, 2.45) is 4.99 Å². The first kappa shape index (κ1) is 26.7. The molecule has 3 aromatic rings. The number of carbonyl (C=O) groups is 2. The molecule has 1 aliphatic rings. The first-order chi connectivity index (χ1) is 17.9. The molecule has 0 bridgehead atoms. The monoisotopic (exact) mass is 628 g/mol. The van der Waals surface area contributed by atoms with Gasteiger partial charge in [0.05, 0.1) is 20.8 Å². The quantitative estimate of drug-likeness (QED) is 0.219. The summed E-state index contributed by atoms with van der Waals surface area (Å²) in [5.74, 6) is -0.390. The van der Waals surface area contributed by atoms with E-state index >= 15 is 0 Å². The van der Waals surface area contributed by atoms with E-state index in [-0.39, 0.29) is 5.91 Å². The summed E-state index contributed by atoms with van der Waals surface area (Å²) in [6.45, 7) is 2.25. The standard InChI is InChI=1S/C28H25IN2O5S/c1-2-35-23-16-20(15-22(29)26(23)36-18-25(32)33)17-24-27(34)31(14-13-19-9-5-3-6-10-19)28(37-24)30-21-11-7-4-8-12-21/h3-12,15-17H,2,13-14,18H2,1H3,(H,32,33)/b24-17+,30-28?.